The standard InChI is InChI=1S/C20H30N2O2/c1-16-6-5-7-17(12-16)13-20(10-11-20)21-18(24)22(2)14-19(15-23)8-3-4-9-19/h5-7,12,23H,3-4,8-11,13-15H2,1-2H3,(H,21,24). The van der Waals surface area contributed by atoms with Crippen LogP contribution in [0.2, 0.25) is 0 Å². The number of carbonyl (C=O) groups excluding carboxylic acids is 1. The first-order valence-corrected chi connectivity index (χ1v) is 9.16. The van der Waals surface area contributed by atoms with E-state index >= 15 is 0 Å². The van der Waals surface area contributed by atoms with Gasteiger partial charge in [0, 0.05) is 24.5 Å². The largest absolute Gasteiger partial charge is 0.396 e. The molecule has 1 aromatic rings. The fourth-order valence-electron chi connectivity index (χ4n) is 4.10. The zero-order chi connectivity index (χ0) is 17.2. The Morgan fingerprint density at radius 3 is 2.54 bits per heavy atom. The number of carbonyl (C=O) groups is 1. The first kappa shape index (κ1) is 17.3. The van der Waals surface area contributed by atoms with E-state index in [9.17, 15) is 9.90 Å². The first-order valence-electron chi connectivity index (χ1n) is 9.16. The second kappa shape index (κ2) is 6.75. The zero-order valence-corrected chi connectivity index (χ0v) is 15.0. The molecule has 2 aliphatic carbocycles. The lowest BCUT2D eigenvalue weighted by Gasteiger charge is -2.33. The molecule has 2 amide bonds. The number of amides is 2. The Labute approximate surface area is 145 Å². The molecule has 0 saturated heterocycles. The molecule has 0 heterocycles. The quantitative estimate of drug-likeness (QED) is 0.841. The SMILES string of the molecule is Cc1cccc(CC2(NC(=O)N(C)CC3(CO)CCCC3)CC2)c1. The molecule has 2 aliphatic rings. The smallest absolute Gasteiger partial charge is 0.317 e. The van der Waals surface area contributed by atoms with Crippen molar-refractivity contribution in [3.8, 4) is 0 Å². The van der Waals surface area contributed by atoms with E-state index in [-0.39, 0.29) is 23.6 Å². The predicted molar refractivity (Wildman–Crippen MR) is 96.0 cm³/mol. The number of benzene rings is 1. The monoisotopic (exact) mass is 330 g/mol. The van der Waals surface area contributed by atoms with Crippen LogP contribution in [0.5, 0.6) is 0 Å². The van der Waals surface area contributed by atoms with Gasteiger partial charge in [0.25, 0.3) is 0 Å². The second-order valence-corrected chi connectivity index (χ2v) is 8.10. The summed E-state index contributed by atoms with van der Waals surface area (Å²) in [4.78, 5) is 14.4. The van der Waals surface area contributed by atoms with Crippen LogP contribution in [-0.2, 0) is 6.42 Å². The molecule has 0 radical (unpaired) electrons. The molecule has 1 aromatic carbocycles. The molecular formula is C20H30N2O2. The van der Waals surface area contributed by atoms with Crippen LogP contribution < -0.4 is 5.32 Å². The Hall–Kier alpha value is -1.55. The van der Waals surface area contributed by atoms with Gasteiger partial charge < -0.3 is 15.3 Å². The summed E-state index contributed by atoms with van der Waals surface area (Å²) in [6.07, 6.45) is 7.36. The fraction of sp³-hybridized carbons (Fsp3) is 0.650. The number of rotatable bonds is 6. The van der Waals surface area contributed by atoms with Crippen molar-refractivity contribution < 1.29 is 9.90 Å². The average molecular weight is 330 g/mol. The van der Waals surface area contributed by atoms with Gasteiger partial charge >= 0.3 is 6.03 Å². The summed E-state index contributed by atoms with van der Waals surface area (Å²) in [5, 5.41) is 13.0. The molecule has 0 aliphatic heterocycles. The fourth-order valence-corrected chi connectivity index (χ4v) is 4.10. The van der Waals surface area contributed by atoms with Crippen molar-refractivity contribution in [3.63, 3.8) is 0 Å². The number of nitrogens with one attached hydrogen (secondary N) is 1. The van der Waals surface area contributed by atoms with Crippen LogP contribution in [0.4, 0.5) is 4.79 Å². The Morgan fingerprint density at radius 2 is 1.96 bits per heavy atom. The van der Waals surface area contributed by atoms with Gasteiger partial charge in [-0.25, -0.2) is 4.79 Å². The third-order valence-electron chi connectivity index (χ3n) is 5.77. The summed E-state index contributed by atoms with van der Waals surface area (Å²) in [5.41, 5.74) is 2.40. The minimum atomic E-state index is -0.0840. The van der Waals surface area contributed by atoms with E-state index < -0.39 is 0 Å². The number of aliphatic hydroxyl groups is 1. The molecule has 2 N–H and O–H groups in total. The zero-order valence-electron chi connectivity index (χ0n) is 15.0. The number of aryl methyl sites for hydroxylation is 1. The highest BCUT2D eigenvalue weighted by Crippen LogP contribution is 2.40. The molecule has 24 heavy (non-hydrogen) atoms. The minimum absolute atomic E-state index is 0.000113. The predicted octanol–water partition coefficient (Wildman–Crippen LogP) is 3.26. The number of aliphatic hydroxyl groups excluding tert-OH is 1. The third kappa shape index (κ3) is 3.92. The van der Waals surface area contributed by atoms with Gasteiger partial charge in [-0.2, -0.15) is 0 Å². The van der Waals surface area contributed by atoms with Crippen LogP contribution >= 0.6 is 0 Å². The van der Waals surface area contributed by atoms with Crippen LogP contribution in [0, 0.1) is 12.3 Å². The summed E-state index contributed by atoms with van der Waals surface area (Å²) in [6, 6.07) is 8.53. The van der Waals surface area contributed by atoms with Crippen molar-refractivity contribution in [2.24, 2.45) is 5.41 Å². The summed E-state index contributed by atoms with van der Waals surface area (Å²) in [5.74, 6) is 0. The van der Waals surface area contributed by atoms with Gasteiger partial charge in [0.05, 0.1) is 6.61 Å². The molecule has 4 nitrogen and oxygen atoms in total. The Bertz CT molecular complexity index is 589. The molecule has 0 unspecified atom stereocenters. The Morgan fingerprint density at radius 1 is 1.25 bits per heavy atom. The van der Waals surface area contributed by atoms with Crippen LogP contribution in [0.3, 0.4) is 0 Å². The van der Waals surface area contributed by atoms with Gasteiger partial charge in [0.1, 0.15) is 0 Å². The first-order chi connectivity index (χ1) is 11.5. The third-order valence-corrected chi connectivity index (χ3v) is 5.77. The van der Waals surface area contributed by atoms with Crippen LogP contribution in [0.1, 0.15) is 49.7 Å². The Kier molecular flexibility index (Phi) is 4.86. The van der Waals surface area contributed by atoms with Crippen molar-refractivity contribution >= 4 is 6.03 Å². The van der Waals surface area contributed by atoms with E-state index in [1.165, 1.54) is 11.1 Å². The van der Waals surface area contributed by atoms with E-state index in [1.807, 2.05) is 7.05 Å². The topological polar surface area (TPSA) is 52.6 Å². The van der Waals surface area contributed by atoms with Gasteiger partial charge in [-0.1, -0.05) is 42.7 Å². The lowest BCUT2D eigenvalue weighted by molar-refractivity contribution is 0.0960. The maximum Gasteiger partial charge on any atom is 0.317 e. The van der Waals surface area contributed by atoms with Gasteiger partial charge in [-0.3, -0.25) is 0 Å². The van der Waals surface area contributed by atoms with Crippen molar-refractivity contribution in [2.75, 3.05) is 20.2 Å². The van der Waals surface area contributed by atoms with E-state index in [4.69, 9.17) is 0 Å². The molecule has 4 heteroatoms. The highest BCUT2D eigenvalue weighted by molar-refractivity contribution is 5.75. The van der Waals surface area contributed by atoms with Crippen molar-refractivity contribution in [1.82, 2.24) is 10.2 Å². The maximum absolute atomic E-state index is 12.6. The molecule has 0 aromatic heterocycles. The van der Waals surface area contributed by atoms with Crippen LogP contribution in [0.15, 0.2) is 24.3 Å². The van der Waals surface area contributed by atoms with Crippen LogP contribution in [0.25, 0.3) is 0 Å². The lowest BCUT2D eigenvalue weighted by Crippen LogP contribution is -2.49. The van der Waals surface area contributed by atoms with E-state index in [0.717, 1.165) is 44.9 Å². The van der Waals surface area contributed by atoms with Gasteiger partial charge in [-0.15, -0.1) is 0 Å². The van der Waals surface area contributed by atoms with Crippen LogP contribution in [-0.4, -0.2) is 41.8 Å². The van der Waals surface area contributed by atoms with E-state index in [0.29, 0.717) is 6.54 Å². The van der Waals surface area contributed by atoms with Gasteiger partial charge in [0.15, 0.2) is 0 Å². The molecule has 2 fully saturated rings. The summed E-state index contributed by atoms with van der Waals surface area (Å²) >= 11 is 0. The highest BCUT2D eigenvalue weighted by atomic mass is 16.3. The second-order valence-electron chi connectivity index (χ2n) is 8.10. The molecule has 132 valence electrons. The minimum Gasteiger partial charge on any atom is -0.396 e. The average Bonchev–Trinajstić information content (AvgIpc) is 3.13. The normalized spacial score (nSPS) is 20.6. The summed E-state index contributed by atoms with van der Waals surface area (Å²) < 4.78 is 0. The number of hydrogen-bond acceptors (Lipinski definition) is 2. The molecule has 0 atom stereocenters. The summed E-state index contributed by atoms with van der Waals surface area (Å²) in [7, 11) is 1.85. The van der Waals surface area contributed by atoms with Crippen molar-refractivity contribution in [1.29, 1.82) is 0 Å². The van der Waals surface area contributed by atoms with Gasteiger partial charge in [-0.05, 0) is 44.6 Å². The van der Waals surface area contributed by atoms with Crippen molar-refractivity contribution in [3.05, 3.63) is 35.4 Å². The van der Waals surface area contributed by atoms with Gasteiger partial charge in [0.2, 0.25) is 0 Å². The maximum atomic E-state index is 12.6. The van der Waals surface area contributed by atoms with Crippen molar-refractivity contribution in [2.45, 2.75) is 57.4 Å². The molecule has 3 rings (SSSR count). The number of hydrogen-bond donors (Lipinski definition) is 2. The molecular weight excluding hydrogens is 300 g/mol. The van der Waals surface area contributed by atoms with E-state index in [1.54, 1.807) is 4.90 Å². The highest BCUT2D eigenvalue weighted by Gasteiger charge is 2.45. The molecule has 2 saturated carbocycles. The Balaban J connectivity index is 1.57. The molecule has 0 spiro atoms. The molecule has 0 bridgehead atoms. The number of nitrogens with zero attached hydrogens (tertiary/aromatic N) is 1. The summed E-state index contributed by atoms with van der Waals surface area (Å²) in [6.45, 7) is 2.93. The van der Waals surface area contributed by atoms with E-state index in [2.05, 4.69) is 36.5 Å². The number of urea groups is 1. The lowest BCUT2D eigenvalue weighted by atomic mass is 9.87.